The predicted molar refractivity (Wildman–Crippen MR) is 140 cm³/mol. The molecule has 0 aliphatic carbocycles. The molecule has 2 aliphatic heterocycles. The molecule has 10 heteroatoms. The minimum atomic E-state index is -0.730. The summed E-state index contributed by atoms with van der Waals surface area (Å²) < 4.78 is 17.0. The molecule has 4 amide bonds. The van der Waals surface area contributed by atoms with Gasteiger partial charge in [0.1, 0.15) is 29.9 Å². The van der Waals surface area contributed by atoms with Crippen LogP contribution in [0.3, 0.4) is 0 Å². The monoisotopic (exact) mass is 529 g/mol. The summed E-state index contributed by atoms with van der Waals surface area (Å²) in [4.78, 5) is 51.2. The minimum Gasteiger partial charge on any atom is -0.493 e. The van der Waals surface area contributed by atoms with Gasteiger partial charge in [0, 0.05) is 24.2 Å². The zero-order valence-electron chi connectivity index (χ0n) is 21.3. The van der Waals surface area contributed by atoms with Gasteiger partial charge in [-0.3, -0.25) is 25.0 Å². The smallest absolute Gasteiger partial charge is 0.411 e. The van der Waals surface area contributed by atoms with Crippen LogP contribution in [0, 0.1) is 0 Å². The Balaban J connectivity index is 1.23. The highest BCUT2D eigenvalue weighted by molar-refractivity contribution is 6.06. The number of piperidine rings is 1. The number of fused-ring (bicyclic) bond motifs is 1. The third-order valence-corrected chi connectivity index (χ3v) is 6.45. The fraction of sp³-hybridized carbons (Fsp3) is 0.241. The summed E-state index contributed by atoms with van der Waals surface area (Å²) >= 11 is 0. The lowest BCUT2D eigenvalue weighted by molar-refractivity contribution is -0.136. The van der Waals surface area contributed by atoms with Gasteiger partial charge in [0.15, 0.2) is 0 Å². The van der Waals surface area contributed by atoms with Gasteiger partial charge in [0.2, 0.25) is 11.8 Å². The minimum absolute atomic E-state index is 0.130. The number of imide groups is 1. The molecule has 0 saturated carbocycles. The molecular formula is C29H27N3O7. The summed E-state index contributed by atoms with van der Waals surface area (Å²) in [6, 6.07) is 19.0. The van der Waals surface area contributed by atoms with Crippen molar-refractivity contribution >= 4 is 29.5 Å². The van der Waals surface area contributed by atoms with Crippen LogP contribution in [0.2, 0.25) is 0 Å². The molecule has 5 rings (SSSR count). The second-order valence-electron chi connectivity index (χ2n) is 9.06. The average molecular weight is 530 g/mol. The lowest BCUT2D eigenvalue weighted by Crippen LogP contribution is -2.52. The van der Waals surface area contributed by atoms with E-state index in [1.165, 1.54) is 4.90 Å². The van der Waals surface area contributed by atoms with Gasteiger partial charge >= 0.3 is 6.09 Å². The van der Waals surface area contributed by atoms with Crippen LogP contribution in [0.25, 0.3) is 0 Å². The molecule has 200 valence electrons. The van der Waals surface area contributed by atoms with Crippen molar-refractivity contribution in [1.29, 1.82) is 0 Å². The zero-order valence-corrected chi connectivity index (χ0v) is 21.3. The van der Waals surface area contributed by atoms with Crippen molar-refractivity contribution in [3.63, 3.8) is 0 Å². The molecule has 1 unspecified atom stereocenters. The van der Waals surface area contributed by atoms with E-state index in [2.05, 4.69) is 10.6 Å². The first-order valence-corrected chi connectivity index (χ1v) is 12.6. The van der Waals surface area contributed by atoms with E-state index in [4.69, 9.17) is 14.2 Å². The van der Waals surface area contributed by atoms with Crippen molar-refractivity contribution in [3.05, 3.63) is 83.4 Å². The third-order valence-electron chi connectivity index (χ3n) is 6.45. The molecule has 1 saturated heterocycles. The molecule has 3 aromatic rings. The van der Waals surface area contributed by atoms with Gasteiger partial charge in [-0.05, 0) is 55.3 Å². The zero-order chi connectivity index (χ0) is 27.4. The molecular weight excluding hydrogens is 502 g/mol. The Morgan fingerprint density at radius 3 is 2.46 bits per heavy atom. The predicted octanol–water partition coefficient (Wildman–Crippen LogP) is 4.39. The number of anilines is 1. The van der Waals surface area contributed by atoms with Crippen molar-refractivity contribution in [3.8, 4) is 17.2 Å². The summed E-state index contributed by atoms with van der Waals surface area (Å²) in [5.74, 6) is 0.471. The average Bonchev–Trinajstić information content (AvgIpc) is 3.26. The molecule has 0 aromatic heterocycles. The molecule has 2 heterocycles. The Bertz CT molecular complexity index is 1410. The number of amides is 4. The number of para-hydroxylation sites is 1. The van der Waals surface area contributed by atoms with Crippen LogP contribution in [-0.2, 0) is 27.5 Å². The lowest BCUT2D eigenvalue weighted by atomic mass is 10.0. The number of nitrogens with zero attached hydrogens (tertiary/aromatic N) is 1. The molecule has 3 aromatic carbocycles. The second kappa shape index (κ2) is 11.3. The third kappa shape index (κ3) is 5.69. The number of carbonyl (C=O) groups is 4. The van der Waals surface area contributed by atoms with E-state index >= 15 is 0 Å². The normalized spacial score (nSPS) is 16.4. The lowest BCUT2D eigenvalue weighted by Gasteiger charge is -2.29. The van der Waals surface area contributed by atoms with Crippen LogP contribution in [0.4, 0.5) is 10.5 Å². The van der Waals surface area contributed by atoms with Crippen LogP contribution in [0.15, 0.2) is 66.7 Å². The van der Waals surface area contributed by atoms with Gasteiger partial charge in [-0.15, -0.1) is 0 Å². The Kier molecular flexibility index (Phi) is 7.44. The largest absolute Gasteiger partial charge is 0.493 e. The summed E-state index contributed by atoms with van der Waals surface area (Å²) in [5.41, 5.74) is 2.10. The van der Waals surface area contributed by atoms with E-state index < -0.39 is 18.0 Å². The van der Waals surface area contributed by atoms with Crippen molar-refractivity contribution in [2.45, 2.75) is 39.0 Å². The number of carbonyl (C=O) groups excluding carboxylic acids is 4. The van der Waals surface area contributed by atoms with Crippen molar-refractivity contribution in [2.75, 3.05) is 11.9 Å². The molecule has 1 atom stereocenters. The Hall–Kier alpha value is -4.86. The first kappa shape index (κ1) is 25.8. The number of benzene rings is 3. The molecule has 0 spiro atoms. The van der Waals surface area contributed by atoms with E-state index in [9.17, 15) is 19.2 Å². The van der Waals surface area contributed by atoms with E-state index in [0.717, 1.165) is 0 Å². The summed E-state index contributed by atoms with van der Waals surface area (Å²) in [6.45, 7) is 2.18. The van der Waals surface area contributed by atoms with Gasteiger partial charge in [-0.1, -0.05) is 30.3 Å². The maximum Gasteiger partial charge on any atom is 0.411 e. The molecule has 39 heavy (non-hydrogen) atoms. The quantitative estimate of drug-likeness (QED) is 0.415. The first-order chi connectivity index (χ1) is 18.9. The van der Waals surface area contributed by atoms with Gasteiger partial charge in [-0.2, -0.15) is 0 Å². The maximum absolute atomic E-state index is 13.3. The standard InChI is InChI=1S/C29H27N3O7/c1-2-37-26-19(9-8-18-16-32(28(35)25(18)26)23-14-15-24(33)31-27(23)34)17-38-29(36)30-20-10-12-22(13-11-20)39-21-6-4-3-5-7-21/h3-13,23H,2,14-17H2,1H3,(H,30,36)(H,31,33,34). The Labute approximate surface area is 224 Å². The number of nitrogens with one attached hydrogen (secondary N) is 2. The maximum atomic E-state index is 13.3. The number of ether oxygens (including phenoxy) is 3. The van der Waals surface area contributed by atoms with Crippen LogP contribution >= 0.6 is 0 Å². The highest BCUT2D eigenvalue weighted by atomic mass is 16.5. The topological polar surface area (TPSA) is 123 Å². The van der Waals surface area contributed by atoms with E-state index in [0.29, 0.717) is 46.2 Å². The van der Waals surface area contributed by atoms with Gasteiger partial charge in [0.25, 0.3) is 5.91 Å². The van der Waals surface area contributed by atoms with E-state index in [1.54, 1.807) is 43.3 Å². The SMILES string of the molecule is CCOc1c(COC(=O)Nc2ccc(Oc3ccccc3)cc2)ccc2c1C(=O)N(C1CCC(=O)NC1=O)C2. The van der Waals surface area contributed by atoms with Crippen LogP contribution in [0.1, 0.15) is 41.3 Å². The Morgan fingerprint density at radius 2 is 1.74 bits per heavy atom. The van der Waals surface area contributed by atoms with Gasteiger partial charge in [-0.25, -0.2) is 4.79 Å². The van der Waals surface area contributed by atoms with Gasteiger partial charge < -0.3 is 19.1 Å². The Morgan fingerprint density at radius 1 is 1.00 bits per heavy atom. The van der Waals surface area contributed by atoms with Crippen LogP contribution < -0.4 is 20.1 Å². The summed E-state index contributed by atoms with van der Waals surface area (Å²) in [5, 5.41) is 4.97. The second-order valence-corrected chi connectivity index (χ2v) is 9.06. The molecule has 0 radical (unpaired) electrons. The molecule has 10 nitrogen and oxygen atoms in total. The first-order valence-electron chi connectivity index (χ1n) is 12.6. The van der Waals surface area contributed by atoms with E-state index in [1.807, 2.05) is 30.3 Å². The van der Waals surface area contributed by atoms with Crippen LogP contribution in [-0.4, -0.2) is 41.4 Å². The van der Waals surface area contributed by atoms with Crippen LogP contribution in [0.5, 0.6) is 17.2 Å². The molecule has 0 bridgehead atoms. The number of hydrogen-bond donors (Lipinski definition) is 2. The number of hydrogen-bond acceptors (Lipinski definition) is 7. The molecule has 2 N–H and O–H groups in total. The summed E-state index contributed by atoms with van der Waals surface area (Å²) in [7, 11) is 0. The fourth-order valence-corrected chi connectivity index (χ4v) is 4.61. The van der Waals surface area contributed by atoms with Gasteiger partial charge in [0.05, 0.1) is 12.2 Å². The van der Waals surface area contributed by atoms with E-state index in [-0.39, 0.29) is 37.8 Å². The molecule has 2 aliphatic rings. The van der Waals surface area contributed by atoms with Crippen molar-refractivity contribution < 1.29 is 33.4 Å². The highest BCUT2D eigenvalue weighted by Gasteiger charge is 2.41. The fourth-order valence-electron chi connectivity index (χ4n) is 4.61. The van der Waals surface area contributed by atoms with Crippen molar-refractivity contribution in [1.82, 2.24) is 10.2 Å². The molecule has 1 fully saturated rings. The van der Waals surface area contributed by atoms with Crippen molar-refractivity contribution in [2.24, 2.45) is 0 Å². The highest BCUT2D eigenvalue weighted by Crippen LogP contribution is 2.36. The summed E-state index contributed by atoms with van der Waals surface area (Å²) in [6.07, 6.45) is -0.235. The number of rotatable bonds is 8.